The molecule has 0 amide bonds. The van der Waals surface area contributed by atoms with Gasteiger partial charge in [0.2, 0.25) is 0 Å². The maximum atomic E-state index is 12.9. The van der Waals surface area contributed by atoms with E-state index >= 15 is 0 Å². The molecule has 0 atom stereocenters. The molecular formula is C11H11BrNO5PS4. The van der Waals surface area contributed by atoms with Crippen LogP contribution in [0.15, 0.2) is 34.6 Å². The van der Waals surface area contributed by atoms with Crippen LogP contribution in [0, 0.1) is 11.3 Å². The molecule has 0 heterocycles. The van der Waals surface area contributed by atoms with Crippen molar-refractivity contribution in [3.8, 4) is 6.07 Å². The van der Waals surface area contributed by atoms with Crippen LogP contribution in [-0.4, -0.2) is 23.9 Å². The fraction of sp³-hybridized carbons (Fsp3) is 0.182. The van der Waals surface area contributed by atoms with Gasteiger partial charge in [0.15, 0.2) is 30.0 Å². The molecule has 23 heavy (non-hydrogen) atoms. The predicted octanol–water partition coefficient (Wildman–Crippen LogP) is 5.24. The van der Waals surface area contributed by atoms with Crippen molar-refractivity contribution >= 4 is 82.3 Å². The minimum absolute atomic E-state index is 0.0416. The van der Waals surface area contributed by atoms with Crippen LogP contribution in [-0.2, 0) is 20.9 Å². The van der Waals surface area contributed by atoms with Gasteiger partial charge < -0.3 is 0 Å². The Balaban J connectivity index is 6.28. The standard InChI is InChI=1S/C11H11BrNO5PS4/c1-4-9(20)11(10(21)5-6-12)8(7-13)19(14,17-22-15-2)18-23-16-3/h4-6H,1H2,2-3H3. The molecule has 0 aromatic heterocycles. The molecule has 0 rings (SSSR count). The molecule has 0 aromatic carbocycles. The third kappa shape index (κ3) is 7.27. The van der Waals surface area contributed by atoms with E-state index in [1.54, 1.807) is 6.07 Å². The van der Waals surface area contributed by atoms with Crippen molar-refractivity contribution in [2.75, 3.05) is 14.2 Å². The second-order valence-electron chi connectivity index (χ2n) is 3.18. The third-order valence-electron chi connectivity index (χ3n) is 1.90. The van der Waals surface area contributed by atoms with Crippen LogP contribution >= 0.6 is 72.6 Å². The highest BCUT2D eigenvalue weighted by molar-refractivity contribution is 9.11. The third-order valence-corrected chi connectivity index (χ3v) is 6.08. The molecule has 6 nitrogen and oxygen atoms in total. The van der Waals surface area contributed by atoms with E-state index in [0.29, 0.717) is 24.6 Å². The van der Waals surface area contributed by atoms with Gasteiger partial charge in [-0.15, -0.1) is 0 Å². The monoisotopic (exact) mass is 475 g/mol. The molecule has 0 N–H and O–H groups in total. The maximum absolute atomic E-state index is 12.9. The molecule has 0 aliphatic carbocycles. The van der Waals surface area contributed by atoms with Crippen molar-refractivity contribution in [3.63, 3.8) is 0 Å². The lowest BCUT2D eigenvalue weighted by atomic mass is 10.1. The Morgan fingerprint density at radius 2 is 1.78 bits per heavy atom. The Hall–Kier alpha value is 0.140. The normalized spacial score (nSPS) is 12.6. The Kier molecular flexibility index (Phi) is 12.6. The second-order valence-corrected chi connectivity index (χ2v) is 8.16. The number of thiocarbonyl (C=S) groups is 2. The van der Waals surface area contributed by atoms with Gasteiger partial charge in [0.05, 0.1) is 14.2 Å². The summed E-state index contributed by atoms with van der Waals surface area (Å²) in [5, 5.41) is 9.08. The van der Waals surface area contributed by atoms with E-state index < -0.39 is 7.60 Å². The highest BCUT2D eigenvalue weighted by atomic mass is 79.9. The van der Waals surface area contributed by atoms with Crippen molar-refractivity contribution in [1.82, 2.24) is 0 Å². The summed E-state index contributed by atoms with van der Waals surface area (Å²) in [4.78, 5) is 1.74. The van der Waals surface area contributed by atoms with Crippen molar-refractivity contribution in [2.24, 2.45) is 0 Å². The molecule has 0 saturated carbocycles. The first-order valence-electron chi connectivity index (χ1n) is 5.42. The number of halogens is 1. The molecule has 126 valence electrons. The summed E-state index contributed by atoms with van der Waals surface area (Å²) in [7, 11) is -1.55. The Labute approximate surface area is 162 Å². The first-order valence-corrected chi connectivity index (χ1v) is 10.0. The Morgan fingerprint density at radius 3 is 2.13 bits per heavy atom. The highest BCUT2D eigenvalue weighted by Crippen LogP contribution is 2.62. The second kappa shape index (κ2) is 12.5. The van der Waals surface area contributed by atoms with E-state index in [4.69, 9.17) is 32.4 Å². The zero-order valence-corrected chi connectivity index (χ0v) is 17.6. The van der Waals surface area contributed by atoms with E-state index in [1.165, 1.54) is 31.4 Å². The molecule has 0 aromatic rings. The summed E-state index contributed by atoms with van der Waals surface area (Å²) in [5.74, 6) is 0. The molecule has 0 spiro atoms. The molecular weight excluding hydrogens is 465 g/mol. The average molecular weight is 476 g/mol. The van der Waals surface area contributed by atoms with Crippen LogP contribution in [0.5, 0.6) is 0 Å². The number of nitrogens with zero attached hydrogens (tertiary/aromatic N) is 1. The largest absolute Gasteiger partial charge is 0.398 e. The van der Waals surface area contributed by atoms with Crippen LogP contribution in [0.2, 0.25) is 0 Å². The van der Waals surface area contributed by atoms with Gasteiger partial charge in [0.25, 0.3) is 0 Å². The molecule has 0 saturated heterocycles. The molecule has 0 radical (unpaired) electrons. The van der Waals surface area contributed by atoms with Crippen LogP contribution < -0.4 is 0 Å². The van der Waals surface area contributed by atoms with Gasteiger partial charge in [-0.25, -0.2) is 7.94 Å². The van der Waals surface area contributed by atoms with Gasteiger partial charge in [-0.2, -0.15) is 5.26 Å². The predicted molar refractivity (Wildman–Crippen MR) is 105 cm³/mol. The van der Waals surface area contributed by atoms with Crippen molar-refractivity contribution in [1.29, 1.82) is 5.26 Å². The zero-order valence-electron chi connectivity index (χ0n) is 11.9. The fourth-order valence-corrected chi connectivity index (χ4v) is 4.91. The lowest BCUT2D eigenvalue weighted by Crippen LogP contribution is -2.09. The zero-order chi connectivity index (χ0) is 17.9. The number of rotatable bonds is 11. The molecule has 0 fully saturated rings. The van der Waals surface area contributed by atoms with Crippen molar-refractivity contribution in [2.45, 2.75) is 0 Å². The SMILES string of the molecule is C=CC(=S)C(C(=S)C=CBr)=C(C#N)P(=O)(OSOC)OSOC. The van der Waals surface area contributed by atoms with E-state index in [1.807, 2.05) is 0 Å². The summed E-state index contributed by atoms with van der Waals surface area (Å²) in [6.45, 7) is 3.54. The maximum Gasteiger partial charge on any atom is 0.398 e. The van der Waals surface area contributed by atoms with Gasteiger partial charge in [-0.3, -0.25) is 12.9 Å². The van der Waals surface area contributed by atoms with Crippen LogP contribution in [0.25, 0.3) is 0 Å². The van der Waals surface area contributed by atoms with E-state index in [2.05, 4.69) is 30.9 Å². The number of nitriles is 1. The van der Waals surface area contributed by atoms with Gasteiger partial charge >= 0.3 is 7.60 Å². The number of hydrogen-bond acceptors (Lipinski definition) is 10. The smallest absolute Gasteiger partial charge is 0.294 e. The summed E-state index contributed by atoms with van der Waals surface area (Å²) < 4.78 is 32.2. The van der Waals surface area contributed by atoms with E-state index in [9.17, 15) is 9.83 Å². The Morgan fingerprint density at radius 1 is 1.26 bits per heavy atom. The van der Waals surface area contributed by atoms with Crippen LogP contribution in [0.1, 0.15) is 0 Å². The van der Waals surface area contributed by atoms with E-state index in [-0.39, 0.29) is 20.6 Å². The van der Waals surface area contributed by atoms with E-state index in [0.717, 1.165) is 0 Å². The van der Waals surface area contributed by atoms with Crippen LogP contribution in [0.3, 0.4) is 0 Å². The summed E-state index contributed by atoms with van der Waals surface area (Å²) in [5.41, 5.74) is 0.0416. The lowest BCUT2D eigenvalue weighted by Gasteiger charge is -2.16. The first kappa shape index (κ1) is 23.1. The van der Waals surface area contributed by atoms with Crippen LogP contribution in [0.4, 0.5) is 0 Å². The van der Waals surface area contributed by atoms with Gasteiger partial charge in [-0.1, -0.05) is 53.0 Å². The molecule has 0 aliphatic heterocycles. The van der Waals surface area contributed by atoms with Crippen molar-refractivity contribution < 1.29 is 20.9 Å². The van der Waals surface area contributed by atoms with Gasteiger partial charge in [0.1, 0.15) is 6.07 Å². The molecule has 0 aliphatic rings. The van der Waals surface area contributed by atoms with Gasteiger partial charge in [0, 0.05) is 15.3 Å². The fourth-order valence-electron chi connectivity index (χ4n) is 1.08. The summed E-state index contributed by atoms with van der Waals surface area (Å²) in [6.07, 6.45) is 2.75. The highest BCUT2D eigenvalue weighted by Gasteiger charge is 2.37. The lowest BCUT2D eigenvalue weighted by molar-refractivity contribution is 0.379. The molecule has 12 heteroatoms. The molecule has 0 unspecified atom stereocenters. The molecule has 0 bridgehead atoms. The topological polar surface area (TPSA) is 77.8 Å². The first-order chi connectivity index (χ1) is 10.9. The average Bonchev–Trinajstić information content (AvgIpc) is 2.55. The minimum Gasteiger partial charge on any atom is -0.294 e. The summed E-state index contributed by atoms with van der Waals surface area (Å²) >= 11 is 14.2. The summed E-state index contributed by atoms with van der Waals surface area (Å²) in [6, 6.07) is 1.77. The number of hydrogen-bond donors (Lipinski definition) is 0. The quantitative estimate of drug-likeness (QED) is 0.130. The number of allylic oxidation sites excluding steroid dienone is 4. The minimum atomic E-state index is -4.14. The van der Waals surface area contributed by atoms with Gasteiger partial charge in [-0.05, 0) is 11.1 Å². The van der Waals surface area contributed by atoms with Crippen molar-refractivity contribution in [3.05, 3.63) is 34.6 Å². The Bertz CT molecular complexity index is 604.